The summed E-state index contributed by atoms with van der Waals surface area (Å²) in [7, 11) is 0. The zero-order chi connectivity index (χ0) is 25.6. The number of rotatable bonds is 4. The Morgan fingerprint density at radius 2 is 1.91 bits per heavy atom. The molecular formula is C25H28Cl2N6O2. The molecule has 184 valence electrons. The van der Waals surface area contributed by atoms with Crippen molar-refractivity contribution in [1.82, 2.24) is 24.4 Å². The summed E-state index contributed by atoms with van der Waals surface area (Å²) < 4.78 is 1.48. The normalized spacial score (nSPS) is 18.4. The topological polar surface area (TPSA) is 84.2 Å². The van der Waals surface area contributed by atoms with Crippen molar-refractivity contribution in [3.8, 4) is 5.69 Å². The van der Waals surface area contributed by atoms with Gasteiger partial charge in [0.2, 0.25) is 5.91 Å². The minimum absolute atomic E-state index is 0.0608. The third-order valence-corrected chi connectivity index (χ3v) is 7.07. The van der Waals surface area contributed by atoms with Gasteiger partial charge in [0.25, 0.3) is 0 Å². The summed E-state index contributed by atoms with van der Waals surface area (Å²) in [6.07, 6.45) is 3.05. The van der Waals surface area contributed by atoms with E-state index < -0.39 is 5.69 Å². The second kappa shape index (κ2) is 9.59. The Kier molecular flexibility index (Phi) is 6.88. The third kappa shape index (κ3) is 4.41. The summed E-state index contributed by atoms with van der Waals surface area (Å²) in [5.74, 6) is 0.401. The number of amides is 1. The van der Waals surface area contributed by atoms with Crippen LogP contribution in [0.2, 0.25) is 10.2 Å². The highest BCUT2D eigenvalue weighted by molar-refractivity contribution is 6.41. The maximum absolute atomic E-state index is 13.6. The quantitative estimate of drug-likeness (QED) is 0.375. The largest absolute Gasteiger partial charge is 0.355 e. The summed E-state index contributed by atoms with van der Waals surface area (Å²) in [5, 5.41) is 0.958. The van der Waals surface area contributed by atoms with E-state index in [1.165, 1.54) is 10.6 Å². The fourth-order valence-electron chi connectivity index (χ4n) is 4.64. The molecular weight excluding hydrogens is 487 g/mol. The van der Waals surface area contributed by atoms with Crippen LogP contribution in [0.15, 0.2) is 35.8 Å². The van der Waals surface area contributed by atoms with Crippen LogP contribution in [0, 0.1) is 6.92 Å². The average Bonchev–Trinajstić information content (AvgIpc) is 2.81. The molecule has 2 atom stereocenters. The highest BCUT2D eigenvalue weighted by Crippen LogP contribution is 2.34. The molecule has 1 aliphatic rings. The molecule has 1 amide bonds. The number of carbonyl (C=O) groups excluding carboxylic acids is 1. The second-order valence-corrected chi connectivity index (χ2v) is 10.0. The Hall–Kier alpha value is -2.97. The molecule has 35 heavy (non-hydrogen) atoms. The van der Waals surface area contributed by atoms with E-state index >= 15 is 0 Å². The Labute approximate surface area is 214 Å². The number of hydrogen-bond donors (Lipinski definition) is 0. The van der Waals surface area contributed by atoms with E-state index in [1.807, 2.05) is 45.6 Å². The molecule has 4 rings (SSSR count). The lowest BCUT2D eigenvalue weighted by atomic mass is 10.0. The fourth-order valence-corrected chi connectivity index (χ4v) is 4.92. The lowest BCUT2D eigenvalue weighted by molar-refractivity contribution is -0.128. The van der Waals surface area contributed by atoms with Gasteiger partial charge in [0, 0.05) is 31.4 Å². The van der Waals surface area contributed by atoms with Gasteiger partial charge in [-0.2, -0.15) is 4.98 Å². The predicted octanol–water partition coefficient (Wildman–Crippen LogP) is 4.53. The van der Waals surface area contributed by atoms with Crippen LogP contribution < -0.4 is 10.6 Å². The van der Waals surface area contributed by atoms with Crippen LogP contribution in [0.25, 0.3) is 16.7 Å². The number of aromatic nitrogens is 4. The number of aryl methyl sites for hydroxylation is 1. The zero-order valence-corrected chi connectivity index (χ0v) is 21.9. The van der Waals surface area contributed by atoms with Crippen LogP contribution >= 0.6 is 23.2 Å². The first-order valence-corrected chi connectivity index (χ1v) is 12.2. The SMILES string of the molecule is C=CC(=O)N1C[C@H](C)N(c2nc(=O)n(-c3c(C)ccnc3C(C)C)c3nc(Cl)c(Cl)cc23)C[C@H]1C. The van der Waals surface area contributed by atoms with E-state index in [-0.39, 0.29) is 34.1 Å². The van der Waals surface area contributed by atoms with Crippen molar-refractivity contribution >= 4 is 46.0 Å². The average molecular weight is 515 g/mol. The predicted molar refractivity (Wildman–Crippen MR) is 140 cm³/mol. The summed E-state index contributed by atoms with van der Waals surface area (Å²) in [6, 6.07) is 3.33. The first-order valence-electron chi connectivity index (χ1n) is 11.5. The monoisotopic (exact) mass is 514 g/mol. The first kappa shape index (κ1) is 25.1. The van der Waals surface area contributed by atoms with Crippen LogP contribution in [0.4, 0.5) is 5.82 Å². The minimum atomic E-state index is -0.485. The van der Waals surface area contributed by atoms with Crippen LogP contribution in [0.1, 0.15) is 44.9 Å². The van der Waals surface area contributed by atoms with Crippen molar-refractivity contribution in [3.63, 3.8) is 0 Å². The maximum atomic E-state index is 13.6. The summed E-state index contributed by atoms with van der Waals surface area (Å²) in [6.45, 7) is 14.5. The Morgan fingerprint density at radius 1 is 1.20 bits per heavy atom. The summed E-state index contributed by atoms with van der Waals surface area (Å²) in [5.41, 5.74) is 2.14. The van der Waals surface area contributed by atoms with Crippen molar-refractivity contribution < 1.29 is 4.79 Å². The highest BCUT2D eigenvalue weighted by atomic mass is 35.5. The van der Waals surface area contributed by atoms with Crippen molar-refractivity contribution in [3.05, 3.63) is 62.9 Å². The van der Waals surface area contributed by atoms with Crippen LogP contribution in [0.3, 0.4) is 0 Å². The molecule has 0 radical (unpaired) electrons. The second-order valence-electron chi connectivity index (χ2n) is 9.25. The van der Waals surface area contributed by atoms with E-state index in [4.69, 9.17) is 23.2 Å². The van der Waals surface area contributed by atoms with Gasteiger partial charge in [-0.25, -0.2) is 14.3 Å². The molecule has 8 nitrogen and oxygen atoms in total. The lowest BCUT2D eigenvalue weighted by Gasteiger charge is -2.44. The van der Waals surface area contributed by atoms with Gasteiger partial charge in [-0.15, -0.1) is 0 Å². The smallest absolute Gasteiger partial charge is 0.349 e. The Balaban J connectivity index is 1.98. The molecule has 0 spiro atoms. The molecule has 1 aliphatic heterocycles. The molecule has 1 saturated heterocycles. The first-order chi connectivity index (χ1) is 16.5. The number of anilines is 1. The fraction of sp³-hybridized carbons (Fsp3) is 0.400. The third-order valence-electron chi connectivity index (χ3n) is 6.40. The number of piperazine rings is 1. The van der Waals surface area contributed by atoms with E-state index in [0.717, 1.165) is 11.3 Å². The molecule has 0 aromatic carbocycles. The van der Waals surface area contributed by atoms with Gasteiger partial charge in [0.15, 0.2) is 5.65 Å². The number of carbonyl (C=O) groups is 1. The maximum Gasteiger partial charge on any atom is 0.355 e. The van der Waals surface area contributed by atoms with Crippen LogP contribution in [-0.2, 0) is 4.79 Å². The van der Waals surface area contributed by atoms with Crippen molar-refractivity contribution in [2.45, 2.75) is 52.6 Å². The molecule has 3 aromatic rings. The number of pyridine rings is 2. The van der Waals surface area contributed by atoms with Gasteiger partial charge in [-0.1, -0.05) is 43.6 Å². The van der Waals surface area contributed by atoms with E-state index in [0.29, 0.717) is 35.6 Å². The van der Waals surface area contributed by atoms with E-state index in [9.17, 15) is 9.59 Å². The van der Waals surface area contributed by atoms with Gasteiger partial charge >= 0.3 is 5.69 Å². The van der Waals surface area contributed by atoms with E-state index in [1.54, 1.807) is 17.2 Å². The van der Waals surface area contributed by atoms with Gasteiger partial charge in [-0.3, -0.25) is 9.78 Å². The van der Waals surface area contributed by atoms with Crippen LogP contribution in [0.5, 0.6) is 0 Å². The molecule has 0 aliphatic carbocycles. The number of halogens is 2. The molecule has 4 heterocycles. The molecule has 0 saturated carbocycles. The number of fused-ring (bicyclic) bond motifs is 1. The molecule has 3 aromatic heterocycles. The molecule has 0 unspecified atom stereocenters. The molecule has 10 heteroatoms. The van der Waals surface area contributed by atoms with Gasteiger partial charge in [0.1, 0.15) is 11.0 Å². The number of nitrogens with zero attached hydrogens (tertiary/aromatic N) is 6. The van der Waals surface area contributed by atoms with Crippen LogP contribution in [-0.4, -0.2) is 55.5 Å². The van der Waals surface area contributed by atoms with Crippen molar-refractivity contribution in [2.75, 3.05) is 18.0 Å². The lowest BCUT2D eigenvalue weighted by Crippen LogP contribution is -2.58. The van der Waals surface area contributed by atoms with E-state index in [2.05, 4.69) is 21.5 Å². The Morgan fingerprint density at radius 3 is 2.57 bits per heavy atom. The van der Waals surface area contributed by atoms with Crippen molar-refractivity contribution in [2.24, 2.45) is 0 Å². The zero-order valence-electron chi connectivity index (χ0n) is 20.4. The summed E-state index contributed by atoms with van der Waals surface area (Å²) >= 11 is 12.7. The van der Waals surface area contributed by atoms with Crippen molar-refractivity contribution in [1.29, 1.82) is 0 Å². The number of hydrogen-bond acceptors (Lipinski definition) is 6. The summed E-state index contributed by atoms with van der Waals surface area (Å²) in [4.78, 5) is 43.3. The molecule has 1 fully saturated rings. The Bertz CT molecular complexity index is 1390. The minimum Gasteiger partial charge on any atom is -0.349 e. The van der Waals surface area contributed by atoms with Gasteiger partial charge < -0.3 is 9.80 Å². The highest BCUT2D eigenvalue weighted by Gasteiger charge is 2.33. The molecule has 0 N–H and O–H groups in total. The molecule has 0 bridgehead atoms. The van der Waals surface area contributed by atoms with Gasteiger partial charge in [-0.05, 0) is 50.5 Å². The van der Waals surface area contributed by atoms with Gasteiger partial charge in [0.05, 0.1) is 21.8 Å². The standard InChI is InChI=1S/C25H28Cl2N6O2/c1-7-19(34)31-11-16(6)32(12-15(31)5)23-17-10-18(26)22(27)29-24(17)33(25(35)30-23)21-14(4)8-9-28-20(21)13(2)3/h7-10,13,15-16H,1,11-12H2,2-6H3/t15-,16+/m1/s1.